The minimum absolute atomic E-state index is 0.0382. The van der Waals surface area contributed by atoms with Crippen molar-refractivity contribution in [2.24, 2.45) is 0 Å². The van der Waals surface area contributed by atoms with Gasteiger partial charge in [0.25, 0.3) is 0 Å². The SMILES string of the molecule is C=CCNc1nnc(SCC(=O)Nc2ccc(C[NH+]3CCCC3)cc2)s1. The summed E-state index contributed by atoms with van der Waals surface area (Å²) in [7, 11) is 0. The van der Waals surface area contributed by atoms with E-state index in [1.165, 1.54) is 54.6 Å². The Morgan fingerprint density at radius 1 is 1.27 bits per heavy atom. The number of benzene rings is 1. The molecule has 26 heavy (non-hydrogen) atoms. The van der Waals surface area contributed by atoms with E-state index in [9.17, 15) is 4.79 Å². The number of aromatic nitrogens is 2. The number of likely N-dealkylation sites (tertiary alicyclic amines) is 1. The van der Waals surface area contributed by atoms with Gasteiger partial charge < -0.3 is 15.5 Å². The molecule has 0 spiro atoms. The Bertz CT molecular complexity index is 725. The van der Waals surface area contributed by atoms with E-state index in [1.54, 1.807) is 11.0 Å². The van der Waals surface area contributed by atoms with E-state index < -0.39 is 0 Å². The van der Waals surface area contributed by atoms with Crippen LogP contribution >= 0.6 is 23.1 Å². The summed E-state index contributed by atoms with van der Waals surface area (Å²) < 4.78 is 0.774. The molecule has 138 valence electrons. The summed E-state index contributed by atoms with van der Waals surface area (Å²) in [6, 6.07) is 8.18. The number of amides is 1. The first-order chi connectivity index (χ1) is 12.7. The van der Waals surface area contributed by atoms with E-state index >= 15 is 0 Å². The highest BCUT2D eigenvalue weighted by Crippen LogP contribution is 2.25. The summed E-state index contributed by atoms with van der Waals surface area (Å²) in [5.41, 5.74) is 2.16. The number of rotatable bonds is 9. The van der Waals surface area contributed by atoms with Crippen molar-refractivity contribution in [3.63, 3.8) is 0 Å². The maximum Gasteiger partial charge on any atom is 0.234 e. The molecule has 6 nitrogen and oxygen atoms in total. The smallest absolute Gasteiger partial charge is 0.234 e. The fourth-order valence-corrected chi connectivity index (χ4v) is 4.43. The largest absolute Gasteiger partial charge is 0.357 e. The fraction of sp³-hybridized carbons (Fsp3) is 0.389. The highest BCUT2D eigenvalue weighted by Gasteiger charge is 2.15. The molecule has 3 N–H and O–H groups in total. The van der Waals surface area contributed by atoms with Crippen LogP contribution in [0.15, 0.2) is 41.3 Å². The van der Waals surface area contributed by atoms with Crippen molar-refractivity contribution in [3.05, 3.63) is 42.5 Å². The summed E-state index contributed by atoms with van der Waals surface area (Å²) in [6.45, 7) is 7.91. The van der Waals surface area contributed by atoms with Crippen LogP contribution in [-0.2, 0) is 11.3 Å². The van der Waals surface area contributed by atoms with Gasteiger partial charge in [0.05, 0.1) is 18.8 Å². The summed E-state index contributed by atoms with van der Waals surface area (Å²) in [5, 5.41) is 14.8. The number of quaternary nitrogens is 1. The highest BCUT2D eigenvalue weighted by atomic mass is 32.2. The van der Waals surface area contributed by atoms with Gasteiger partial charge in [-0.25, -0.2) is 0 Å². The zero-order chi connectivity index (χ0) is 18.2. The van der Waals surface area contributed by atoms with Gasteiger partial charge in [-0.2, -0.15) is 0 Å². The molecule has 1 saturated heterocycles. The van der Waals surface area contributed by atoms with Crippen LogP contribution in [0.4, 0.5) is 10.8 Å². The Morgan fingerprint density at radius 3 is 2.77 bits per heavy atom. The number of nitrogens with zero attached hydrogens (tertiary/aromatic N) is 2. The molecule has 2 heterocycles. The molecule has 1 amide bonds. The van der Waals surface area contributed by atoms with Gasteiger partial charge in [-0.3, -0.25) is 4.79 Å². The van der Waals surface area contributed by atoms with Crippen LogP contribution in [0.2, 0.25) is 0 Å². The zero-order valence-corrected chi connectivity index (χ0v) is 16.3. The van der Waals surface area contributed by atoms with Crippen molar-refractivity contribution in [2.45, 2.75) is 23.7 Å². The molecule has 0 aliphatic carbocycles. The van der Waals surface area contributed by atoms with Crippen LogP contribution in [0.3, 0.4) is 0 Å². The number of hydrogen-bond donors (Lipinski definition) is 3. The topological polar surface area (TPSA) is 71.3 Å². The maximum atomic E-state index is 12.1. The number of anilines is 2. The van der Waals surface area contributed by atoms with Crippen molar-refractivity contribution >= 4 is 39.8 Å². The first-order valence-electron chi connectivity index (χ1n) is 8.76. The van der Waals surface area contributed by atoms with E-state index in [0.717, 1.165) is 21.7 Å². The lowest BCUT2D eigenvalue weighted by Gasteiger charge is -2.12. The molecule has 3 rings (SSSR count). The van der Waals surface area contributed by atoms with Crippen molar-refractivity contribution in [2.75, 3.05) is 36.0 Å². The molecule has 1 aliphatic heterocycles. The lowest BCUT2D eigenvalue weighted by molar-refractivity contribution is -0.901. The fourth-order valence-electron chi connectivity index (χ4n) is 2.87. The summed E-state index contributed by atoms with van der Waals surface area (Å²) >= 11 is 2.83. The predicted octanol–water partition coefficient (Wildman–Crippen LogP) is 2.05. The first-order valence-corrected chi connectivity index (χ1v) is 10.6. The lowest BCUT2D eigenvalue weighted by Crippen LogP contribution is -3.08. The average Bonchev–Trinajstić information content (AvgIpc) is 3.32. The number of nitrogens with one attached hydrogen (secondary N) is 3. The molecular formula is C18H24N5OS2+. The molecule has 1 aromatic heterocycles. The molecular weight excluding hydrogens is 366 g/mol. The Morgan fingerprint density at radius 2 is 2.04 bits per heavy atom. The molecule has 0 atom stereocenters. The normalized spacial score (nSPS) is 14.3. The van der Waals surface area contributed by atoms with Gasteiger partial charge in [0, 0.05) is 30.6 Å². The predicted molar refractivity (Wildman–Crippen MR) is 108 cm³/mol. The van der Waals surface area contributed by atoms with Crippen LogP contribution in [0.25, 0.3) is 0 Å². The van der Waals surface area contributed by atoms with E-state index in [2.05, 4.69) is 39.5 Å². The zero-order valence-electron chi connectivity index (χ0n) is 14.7. The van der Waals surface area contributed by atoms with Crippen molar-refractivity contribution in [3.8, 4) is 0 Å². The van der Waals surface area contributed by atoms with E-state index in [-0.39, 0.29) is 5.91 Å². The lowest BCUT2D eigenvalue weighted by atomic mass is 10.2. The maximum absolute atomic E-state index is 12.1. The standard InChI is InChI=1S/C18H23N5OS2/c1-2-9-19-17-21-22-18(26-17)25-13-16(24)20-15-7-5-14(6-8-15)12-23-10-3-4-11-23/h2,5-8H,1,3-4,9-13H2,(H,19,21)(H,20,24)/p+1. The molecule has 1 aliphatic rings. The Balaban J connectivity index is 1.42. The number of thioether (sulfide) groups is 1. The first kappa shape index (κ1) is 18.9. The Labute approximate surface area is 162 Å². The van der Waals surface area contributed by atoms with Crippen LogP contribution in [0.1, 0.15) is 18.4 Å². The third-order valence-corrected chi connectivity index (χ3v) is 6.15. The second kappa shape index (κ2) is 9.70. The second-order valence-corrected chi connectivity index (χ2v) is 8.41. The van der Waals surface area contributed by atoms with Gasteiger partial charge in [-0.1, -0.05) is 41.3 Å². The van der Waals surface area contributed by atoms with Crippen molar-refractivity contribution in [1.29, 1.82) is 0 Å². The van der Waals surface area contributed by atoms with Crippen LogP contribution in [0, 0.1) is 0 Å². The third kappa shape index (κ3) is 5.82. The summed E-state index contributed by atoms with van der Waals surface area (Å²) in [4.78, 5) is 13.8. The molecule has 2 aromatic rings. The van der Waals surface area contributed by atoms with Gasteiger partial charge in [-0.05, 0) is 12.1 Å². The number of carbonyl (C=O) groups is 1. The van der Waals surface area contributed by atoms with Crippen LogP contribution in [0.5, 0.6) is 0 Å². The average molecular weight is 391 g/mol. The monoisotopic (exact) mass is 390 g/mol. The molecule has 0 bridgehead atoms. The van der Waals surface area contributed by atoms with Gasteiger partial charge in [0.2, 0.25) is 11.0 Å². The minimum Gasteiger partial charge on any atom is -0.357 e. The molecule has 1 fully saturated rings. The summed E-state index contributed by atoms with van der Waals surface area (Å²) in [5.74, 6) is 0.277. The van der Waals surface area contributed by atoms with Crippen molar-refractivity contribution < 1.29 is 9.69 Å². The third-order valence-electron chi connectivity index (χ3n) is 4.13. The van der Waals surface area contributed by atoms with Crippen molar-refractivity contribution in [1.82, 2.24) is 10.2 Å². The molecule has 1 aromatic carbocycles. The molecule has 0 saturated carbocycles. The van der Waals surface area contributed by atoms with Gasteiger partial charge >= 0.3 is 0 Å². The number of carbonyl (C=O) groups excluding carboxylic acids is 1. The van der Waals surface area contributed by atoms with E-state index in [4.69, 9.17) is 0 Å². The number of hydrogen-bond acceptors (Lipinski definition) is 6. The second-order valence-electron chi connectivity index (χ2n) is 6.21. The molecule has 8 heteroatoms. The molecule has 0 radical (unpaired) electrons. The Kier molecular flexibility index (Phi) is 7.04. The van der Waals surface area contributed by atoms with E-state index in [1.807, 2.05) is 12.1 Å². The highest BCUT2D eigenvalue weighted by molar-refractivity contribution is 8.01. The van der Waals surface area contributed by atoms with Gasteiger partial charge in [0.1, 0.15) is 6.54 Å². The van der Waals surface area contributed by atoms with Crippen LogP contribution in [-0.4, -0.2) is 41.5 Å². The minimum atomic E-state index is -0.0382. The van der Waals surface area contributed by atoms with E-state index in [0.29, 0.717) is 12.3 Å². The van der Waals surface area contributed by atoms with Gasteiger partial charge in [0.15, 0.2) is 4.34 Å². The summed E-state index contributed by atoms with van der Waals surface area (Å²) in [6.07, 6.45) is 4.43. The Hall–Kier alpha value is -1.90. The quantitative estimate of drug-likeness (QED) is 0.452. The van der Waals surface area contributed by atoms with Crippen LogP contribution < -0.4 is 15.5 Å². The molecule has 0 unspecified atom stereocenters. The van der Waals surface area contributed by atoms with Gasteiger partial charge in [-0.15, -0.1) is 16.8 Å².